The molecule has 0 bridgehead atoms. The van der Waals surface area contributed by atoms with Crippen LogP contribution in [-0.4, -0.2) is 54.0 Å². The SMILES string of the molecule is CN1CC(c2ccccc2)CC2(CCN(C(=O)c3ccc(O)cc3)CC2)C1. The molecular weight excluding hydrogens is 336 g/mol. The second-order valence-corrected chi connectivity index (χ2v) is 8.35. The van der Waals surface area contributed by atoms with Gasteiger partial charge in [0.2, 0.25) is 0 Å². The lowest BCUT2D eigenvalue weighted by Gasteiger charge is -2.49. The molecule has 0 aliphatic carbocycles. The van der Waals surface area contributed by atoms with Gasteiger partial charge in [-0.3, -0.25) is 4.79 Å². The minimum absolute atomic E-state index is 0.0774. The van der Waals surface area contributed by atoms with E-state index in [4.69, 9.17) is 0 Å². The van der Waals surface area contributed by atoms with Crippen LogP contribution in [0.25, 0.3) is 0 Å². The van der Waals surface area contributed by atoms with E-state index in [-0.39, 0.29) is 11.7 Å². The van der Waals surface area contributed by atoms with Crippen LogP contribution in [0.15, 0.2) is 54.6 Å². The summed E-state index contributed by atoms with van der Waals surface area (Å²) in [6.07, 6.45) is 3.33. The van der Waals surface area contributed by atoms with E-state index in [1.165, 1.54) is 12.0 Å². The molecule has 0 radical (unpaired) electrons. The van der Waals surface area contributed by atoms with Gasteiger partial charge in [-0.15, -0.1) is 0 Å². The van der Waals surface area contributed by atoms with Crippen molar-refractivity contribution in [3.63, 3.8) is 0 Å². The molecule has 142 valence electrons. The fourth-order valence-electron chi connectivity index (χ4n) is 4.95. The van der Waals surface area contributed by atoms with Gasteiger partial charge < -0.3 is 14.9 Å². The first kappa shape index (κ1) is 18.1. The highest BCUT2D eigenvalue weighted by Crippen LogP contribution is 2.44. The van der Waals surface area contributed by atoms with E-state index in [1.54, 1.807) is 24.3 Å². The van der Waals surface area contributed by atoms with Crippen LogP contribution in [0.2, 0.25) is 0 Å². The molecule has 2 heterocycles. The number of amides is 1. The molecule has 0 saturated carbocycles. The van der Waals surface area contributed by atoms with Crippen LogP contribution >= 0.6 is 0 Å². The van der Waals surface area contributed by atoms with Gasteiger partial charge in [0.25, 0.3) is 5.91 Å². The molecule has 2 aromatic carbocycles. The molecule has 0 aromatic heterocycles. The maximum absolute atomic E-state index is 12.8. The van der Waals surface area contributed by atoms with Crippen molar-refractivity contribution in [2.24, 2.45) is 5.41 Å². The molecule has 27 heavy (non-hydrogen) atoms. The van der Waals surface area contributed by atoms with Gasteiger partial charge in [0.05, 0.1) is 0 Å². The average molecular weight is 364 g/mol. The summed E-state index contributed by atoms with van der Waals surface area (Å²) >= 11 is 0. The van der Waals surface area contributed by atoms with E-state index in [9.17, 15) is 9.90 Å². The molecule has 1 amide bonds. The lowest BCUT2D eigenvalue weighted by atomic mass is 9.68. The van der Waals surface area contributed by atoms with Gasteiger partial charge in [0.1, 0.15) is 5.75 Å². The van der Waals surface area contributed by atoms with Crippen molar-refractivity contribution < 1.29 is 9.90 Å². The number of phenols is 1. The molecule has 4 rings (SSSR count). The highest BCUT2D eigenvalue weighted by Gasteiger charge is 2.42. The van der Waals surface area contributed by atoms with E-state index >= 15 is 0 Å². The fraction of sp³-hybridized carbons (Fsp3) is 0.435. The summed E-state index contributed by atoms with van der Waals surface area (Å²) in [7, 11) is 2.23. The molecule has 2 saturated heterocycles. The van der Waals surface area contributed by atoms with E-state index in [0.717, 1.165) is 39.0 Å². The van der Waals surface area contributed by atoms with Crippen molar-refractivity contribution >= 4 is 5.91 Å². The molecule has 4 heteroatoms. The summed E-state index contributed by atoms with van der Waals surface area (Å²) in [5.41, 5.74) is 2.40. The molecule has 1 spiro atoms. The zero-order valence-corrected chi connectivity index (χ0v) is 16.0. The smallest absolute Gasteiger partial charge is 0.253 e. The minimum atomic E-state index is 0.0774. The third-order valence-electron chi connectivity index (χ3n) is 6.31. The lowest BCUT2D eigenvalue weighted by molar-refractivity contribution is 0.0224. The number of likely N-dealkylation sites (tertiary alicyclic amines) is 2. The van der Waals surface area contributed by atoms with E-state index in [0.29, 0.717) is 16.9 Å². The third kappa shape index (κ3) is 3.86. The molecule has 1 N–H and O–H groups in total. The van der Waals surface area contributed by atoms with Crippen LogP contribution < -0.4 is 0 Å². The number of carbonyl (C=O) groups is 1. The fourth-order valence-corrected chi connectivity index (χ4v) is 4.95. The van der Waals surface area contributed by atoms with Gasteiger partial charge >= 0.3 is 0 Å². The van der Waals surface area contributed by atoms with Gasteiger partial charge in [-0.05, 0) is 67.5 Å². The Balaban J connectivity index is 1.44. The summed E-state index contributed by atoms with van der Waals surface area (Å²) in [4.78, 5) is 17.2. The summed E-state index contributed by atoms with van der Waals surface area (Å²) in [6.45, 7) is 3.86. The number of benzene rings is 2. The summed E-state index contributed by atoms with van der Waals surface area (Å²) in [5.74, 6) is 0.847. The Morgan fingerprint density at radius 3 is 2.37 bits per heavy atom. The monoisotopic (exact) mass is 364 g/mol. The largest absolute Gasteiger partial charge is 0.508 e. The van der Waals surface area contributed by atoms with Gasteiger partial charge in [0.15, 0.2) is 0 Å². The molecule has 1 unspecified atom stereocenters. The summed E-state index contributed by atoms with van der Waals surface area (Å²) in [5, 5.41) is 9.43. The van der Waals surface area contributed by atoms with Crippen LogP contribution in [0.4, 0.5) is 0 Å². The second-order valence-electron chi connectivity index (χ2n) is 8.35. The molecular formula is C23H28N2O2. The second kappa shape index (κ2) is 7.35. The highest BCUT2D eigenvalue weighted by atomic mass is 16.3. The molecule has 2 aliphatic rings. The zero-order chi connectivity index (χ0) is 18.9. The number of aromatic hydroxyl groups is 1. The van der Waals surface area contributed by atoms with E-state index < -0.39 is 0 Å². The predicted octanol–water partition coefficient (Wildman–Crippen LogP) is 3.73. The minimum Gasteiger partial charge on any atom is -0.508 e. The Kier molecular flexibility index (Phi) is 4.92. The molecule has 2 fully saturated rings. The lowest BCUT2D eigenvalue weighted by Crippen LogP contribution is -2.51. The number of phenolic OH excluding ortho intramolecular Hbond substituents is 1. The van der Waals surface area contributed by atoms with Crippen LogP contribution in [0, 0.1) is 5.41 Å². The van der Waals surface area contributed by atoms with Crippen molar-refractivity contribution in [3.05, 3.63) is 65.7 Å². The Morgan fingerprint density at radius 1 is 1.04 bits per heavy atom. The highest BCUT2D eigenvalue weighted by molar-refractivity contribution is 5.94. The number of hydrogen-bond donors (Lipinski definition) is 1. The van der Waals surface area contributed by atoms with Gasteiger partial charge in [-0.2, -0.15) is 0 Å². The molecule has 1 atom stereocenters. The standard InChI is InChI=1S/C23H28N2O2/c1-24-16-20(18-5-3-2-4-6-18)15-23(17-24)11-13-25(14-12-23)22(27)19-7-9-21(26)10-8-19/h2-10,20,26H,11-17H2,1H3. The molecule has 2 aliphatic heterocycles. The number of likely N-dealkylation sites (N-methyl/N-ethyl adjacent to an activating group) is 1. The van der Waals surface area contributed by atoms with Crippen molar-refractivity contribution in [3.8, 4) is 5.75 Å². The van der Waals surface area contributed by atoms with Crippen molar-refractivity contribution in [2.45, 2.75) is 25.2 Å². The van der Waals surface area contributed by atoms with Crippen LogP contribution in [0.5, 0.6) is 5.75 Å². The Hall–Kier alpha value is -2.33. The van der Waals surface area contributed by atoms with Crippen molar-refractivity contribution in [1.82, 2.24) is 9.80 Å². The Morgan fingerprint density at radius 2 is 1.70 bits per heavy atom. The van der Waals surface area contributed by atoms with Crippen molar-refractivity contribution in [2.75, 3.05) is 33.2 Å². The normalized spacial score (nSPS) is 22.7. The Bertz CT molecular complexity index is 780. The van der Waals surface area contributed by atoms with E-state index in [2.05, 4.69) is 42.3 Å². The van der Waals surface area contributed by atoms with Crippen LogP contribution in [0.1, 0.15) is 41.1 Å². The summed E-state index contributed by atoms with van der Waals surface area (Å²) in [6, 6.07) is 17.4. The van der Waals surface area contributed by atoms with E-state index in [1.807, 2.05) is 4.90 Å². The number of nitrogens with zero attached hydrogens (tertiary/aromatic N) is 2. The van der Waals surface area contributed by atoms with Gasteiger partial charge in [-0.25, -0.2) is 0 Å². The number of carbonyl (C=O) groups excluding carboxylic acids is 1. The number of rotatable bonds is 2. The summed E-state index contributed by atoms with van der Waals surface area (Å²) < 4.78 is 0. The maximum Gasteiger partial charge on any atom is 0.253 e. The molecule has 2 aromatic rings. The number of piperidine rings is 2. The quantitative estimate of drug-likeness (QED) is 0.883. The maximum atomic E-state index is 12.8. The van der Waals surface area contributed by atoms with Crippen LogP contribution in [-0.2, 0) is 0 Å². The van der Waals surface area contributed by atoms with Gasteiger partial charge in [0, 0.05) is 31.7 Å². The Labute approximate surface area is 161 Å². The van der Waals surface area contributed by atoms with Crippen molar-refractivity contribution in [1.29, 1.82) is 0 Å². The van der Waals surface area contributed by atoms with Crippen LogP contribution in [0.3, 0.4) is 0 Å². The first-order valence-corrected chi connectivity index (χ1v) is 9.86. The predicted molar refractivity (Wildman–Crippen MR) is 107 cm³/mol. The number of hydrogen-bond acceptors (Lipinski definition) is 3. The first-order chi connectivity index (χ1) is 13.0. The van der Waals surface area contributed by atoms with Gasteiger partial charge in [-0.1, -0.05) is 30.3 Å². The third-order valence-corrected chi connectivity index (χ3v) is 6.31. The molecule has 4 nitrogen and oxygen atoms in total. The topological polar surface area (TPSA) is 43.8 Å². The average Bonchev–Trinajstić information content (AvgIpc) is 2.69. The first-order valence-electron chi connectivity index (χ1n) is 9.86. The zero-order valence-electron chi connectivity index (χ0n) is 16.0.